The normalized spacial score (nSPS) is 11.3. The highest BCUT2D eigenvalue weighted by Crippen LogP contribution is 2.49. The Kier molecular flexibility index (Phi) is 8.75. The van der Waals surface area contributed by atoms with E-state index in [1.54, 1.807) is 0 Å². The Hall–Kier alpha value is -8.15. The lowest BCUT2D eigenvalue weighted by molar-refractivity contribution is 0.670. The summed E-state index contributed by atoms with van der Waals surface area (Å²) in [5, 5.41) is 4.16. The Labute approximate surface area is 347 Å². The van der Waals surface area contributed by atoms with Crippen LogP contribution in [0.25, 0.3) is 89.1 Å². The van der Waals surface area contributed by atoms with Crippen LogP contribution in [0, 0.1) is 0 Å². The van der Waals surface area contributed by atoms with E-state index in [0.717, 1.165) is 77.6 Å². The van der Waals surface area contributed by atoms with E-state index in [0.29, 0.717) is 23.1 Å². The van der Waals surface area contributed by atoms with Gasteiger partial charge in [-0.05, 0) is 52.4 Å². The summed E-state index contributed by atoms with van der Waals surface area (Å²) in [5.41, 5.74) is 11.6. The first-order valence-electron chi connectivity index (χ1n) is 20.1. The smallest absolute Gasteiger partial charge is 0.167 e. The summed E-state index contributed by atoms with van der Waals surface area (Å²) in [6.07, 6.45) is 0. The highest BCUT2D eigenvalue weighted by molar-refractivity contribution is 6.21. The number of anilines is 3. The molecule has 0 radical (unpaired) electrons. The van der Waals surface area contributed by atoms with E-state index in [1.165, 1.54) is 5.56 Å². The maximum Gasteiger partial charge on any atom is 0.167 e. The van der Waals surface area contributed by atoms with Crippen molar-refractivity contribution in [2.45, 2.75) is 0 Å². The summed E-state index contributed by atoms with van der Waals surface area (Å²) in [5.74, 6) is 1.74. The van der Waals surface area contributed by atoms with E-state index in [4.69, 9.17) is 19.4 Å². The third-order valence-corrected chi connectivity index (χ3v) is 11.1. The number of para-hydroxylation sites is 2. The topological polar surface area (TPSA) is 55.1 Å². The van der Waals surface area contributed by atoms with Crippen LogP contribution in [0.5, 0.6) is 0 Å². The highest BCUT2D eigenvalue weighted by Gasteiger charge is 2.26. The molecule has 0 saturated carbocycles. The number of aromatic nitrogens is 3. The van der Waals surface area contributed by atoms with Gasteiger partial charge in [-0.3, -0.25) is 0 Å². The minimum absolute atomic E-state index is 0.543. The molecule has 0 aliphatic carbocycles. The van der Waals surface area contributed by atoms with Crippen molar-refractivity contribution in [2.24, 2.45) is 0 Å². The van der Waals surface area contributed by atoms with Crippen molar-refractivity contribution in [2.75, 3.05) is 4.90 Å². The van der Waals surface area contributed by atoms with Gasteiger partial charge in [-0.1, -0.05) is 188 Å². The fourth-order valence-electron chi connectivity index (χ4n) is 8.25. The quantitative estimate of drug-likeness (QED) is 0.154. The standard InChI is InChI=1S/C55H36N4O/c1-5-18-37(19-6-1)38-32-34-43(35-33-38)59(49-31-16-15-27-44(49)39-20-7-2-8-21-39)50-45-28-14-13-26-42(45)36-48-46-29-17-30-47(51(46)60-52(48)50)55-57-53(40-22-9-3-10-23-40)56-54(58-55)41-24-11-4-12-25-41/h1-36H. The summed E-state index contributed by atoms with van der Waals surface area (Å²) in [6, 6.07) is 75.8. The zero-order valence-electron chi connectivity index (χ0n) is 32.5. The molecule has 0 fully saturated rings. The lowest BCUT2D eigenvalue weighted by Crippen LogP contribution is -2.12. The second-order valence-corrected chi connectivity index (χ2v) is 14.8. The number of nitrogens with zero attached hydrogens (tertiary/aromatic N) is 4. The fraction of sp³-hybridized carbons (Fsp3) is 0. The number of hydrogen-bond donors (Lipinski definition) is 0. The van der Waals surface area contributed by atoms with Crippen molar-refractivity contribution in [1.29, 1.82) is 0 Å². The molecule has 0 N–H and O–H groups in total. The fourth-order valence-corrected chi connectivity index (χ4v) is 8.25. The van der Waals surface area contributed by atoms with Gasteiger partial charge >= 0.3 is 0 Å². The molecular formula is C55H36N4O. The van der Waals surface area contributed by atoms with Crippen molar-refractivity contribution in [1.82, 2.24) is 15.0 Å². The van der Waals surface area contributed by atoms with E-state index in [2.05, 4.69) is 157 Å². The monoisotopic (exact) mass is 768 g/mol. The van der Waals surface area contributed by atoms with Gasteiger partial charge in [0.05, 0.1) is 16.9 Å². The number of benzene rings is 9. The molecule has 11 rings (SSSR count). The van der Waals surface area contributed by atoms with Gasteiger partial charge in [-0.2, -0.15) is 0 Å². The number of furan rings is 1. The molecule has 0 bridgehead atoms. The number of fused-ring (bicyclic) bond motifs is 4. The number of rotatable bonds is 8. The van der Waals surface area contributed by atoms with E-state index in [1.807, 2.05) is 66.7 Å². The van der Waals surface area contributed by atoms with E-state index in [9.17, 15) is 0 Å². The predicted molar refractivity (Wildman–Crippen MR) is 246 cm³/mol. The number of hydrogen-bond acceptors (Lipinski definition) is 5. The van der Waals surface area contributed by atoms with Crippen LogP contribution in [0.3, 0.4) is 0 Å². The second kappa shape index (κ2) is 15.0. The molecule has 282 valence electrons. The Balaban J connectivity index is 1.19. The molecule has 5 heteroatoms. The maximum absolute atomic E-state index is 7.29. The lowest BCUT2D eigenvalue weighted by atomic mass is 9.98. The largest absolute Gasteiger partial charge is 0.453 e. The van der Waals surface area contributed by atoms with Gasteiger partial charge in [-0.15, -0.1) is 0 Å². The molecule has 9 aromatic carbocycles. The van der Waals surface area contributed by atoms with Crippen molar-refractivity contribution >= 4 is 49.8 Å². The van der Waals surface area contributed by atoms with Crippen LogP contribution in [-0.2, 0) is 0 Å². The molecule has 11 aromatic rings. The van der Waals surface area contributed by atoms with Crippen LogP contribution >= 0.6 is 0 Å². The van der Waals surface area contributed by atoms with E-state index >= 15 is 0 Å². The molecule has 0 unspecified atom stereocenters. The molecule has 0 spiro atoms. The third kappa shape index (κ3) is 6.26. The maximum atomic E-state index is 7.29. The predicted octanol–water partition coefficient (Wildman–Crippen LogP) is 14.7. The Morgan fingerprint density at radius 2 is 0.833 bits per heavy atom. The van der Waals surface area contributed by atoms with Crippen LogP contribution in [0.1, 0.15) is 0 Å². The van der Waals surface area contributed by atoms with Gasteiger partial charge in [0.15, 0.2) is 23.1 Å². The van der Waals surface area contributed by atoms with Crippen LogP contribution in [0.2, 0.25) is 0 Å². The summed E-state index contributed by atoms with van der Waals surface area (Å²) in [7, 11) is 0. The minimum atomic E-state index is 0.543. The minimum Gasteiger partial charge on any atom is -0.453 e. The van der Waals surface area contributed by atoms with Gasteiger partial charge in [0.2, 0.25) is 0 Å². The second-order valence-electron chi connectivity index (χ2n) is 14.8. The van der Waals surface area contributed by atoms with Gasteiger partial charge in [0, 0.05) is 38.5 Å². The average Bonchev–Trinajstić information content (AvgIpc) is 3.71. The van der Waals surface area contributed by atoms with E-state index in [-0.39, 0.29) is 0 Å². The van der Waals surface area contributed by atoms with Crippen LogP contribution in [0.15, 0.2) is 223 Å². The van der Waals surface area contributed by atoms with E-state index < -0.39 is 0 Å². The van der Waals surface area contributed by atoms with Gasteiger partial charge < -0.3 is 9.32 Å². The SMILES string of the molecule is c1ccc(-c2ccc(N(c3ccccc3-c3ccccc3)c3c4ccccc4cc4c3oc3c(-c5nc(-c6ccccc6)nc(-c6ccccc6)n5)cccc34)cc2)cc1. The summed E-state index contributed by atoms with van der Waals surface area (Å²) >= 11 is 0. The Morgan fingerprint density at radius 3 is 1.50 bits per heavy atom. The molecule has 60 heavy (non-hydrogen) atoms. The first-order chi connectivity index (χ1) is 29.8. The summed E-state index contributed by atoms with van der Waals surface area (Å²) in [4.78, 5) is 17.6. The molecule has 0 atom stereocenters. The first kappa shape index (κ1) is 35.0. The van der Waals surface area contributed by atoms with Gasteiger partial charge in [0.25, 0.3) is 0 Å². The average molecular weight is 769 g/mol. The summed E-state index contributed by atoms with van der Waals surface area (Å²) in [6.45, 7) is 0. The van der Waals surface area contributed by atoms with Gasteiger partial charge in [-0.25, -0.2) is 15.0 Å². The molecule has 2 heterocycles. The lowest BCUT2D eigenvalue weighted by Gasteiger charge is -2.29. The highest BCUT2D eigenvalue weighted by atomic mass is 16.3. The molecule has 0 aliphatic heterocycles. The van der Waals surface area contributed by atoms with Crippen LogP contribution in [0.4, 0.5) is 17.1 Å². The third-order valence-electron chi connectivity index (χ3n) is 11.1. The van der Waals surface area contributed by atoms with Gasteiger partial charge in [0.1, 0.15) is 5.58 Å². The van der Waals surface area contributed by atoms with Crippen LogP contribution < -0.4 is 4.90 Å². The van der Waals surface area contributed by atoms with Crippen molar-refractivity contribution < 1.29 is 4.42 Å². The van der Waals surface area contributed by atoms with Crippen LogP contribution in [-0.4, -0.2) is 15.0 Å². The first-order valence-corrected chi connectivity index (χ1v) is 20.1. The van der Waals surface area contributed by atoms with Crippen molar-refractivity contribution in [3.63, 3.8) is 0 Å². The molecule has 0 saturated heterocycles. The zero-order chi connectivity index (χ0) is 39.8. The zero-order valence-corrected chi connectivity index (χ0v) is 32.5. The molecular weight excluding hydrogens is 733 g/mol. The Morgan fingerprint density at radius 1 is 0.333 bits per heavy atom. The molecule has 0 amide bonds. The summed E-state index contributed by atoms with van der Waals surface area (Å²) < 4.78 is 7.29. The van der Waals surface area contributed by atoms with Crippen molar-refractivity contribution in [3.8, 4) is 56.4 Å². The Bertz CT molecular complexity index is 3240. The molecule has 0 aliphatic rings. The molecule has 5 nitrogen and oxygen atoms in total. The molecule has 2 aromatic heterocycles. The van der Waals surface area contributed by atoms with Crippen molar-refractivity contribution in [3.05, 3.63) is 218 Å².